The number of thiazole rings is 1. The van der Waals surface area contributed by atoms with Gasteiger partial charge >= 0.3 is 0 Å². The van der Waals surface area contributed by atoms with Gasteiger partial charge in [0.2, 0.25) is 0 Å². The Bertz CT molecular complexity index is 969. The fourth-order valence-corrected chi connectivity index (χ4v) is 3.60. The molecule has 0 radical (unpaired) electrons. The average molecular weight is 423 g/mol. The van der Waals surface area contributed by atoms with Crippen LogP contribution in [0, 0.1) is 11.3 Å². The highest BCUT2D eigenvalue weighted by molar-refractivity contribution is 9.10. The predicted molar refractivity (Wildman–Crippen MR) is 114 cm³/mol. The molecule has 0 fully saturated rings. The molecule has 3 rings (SSSR count). The molecule has 0 amide bonds. The fourth-order valence-electron chi connectivity index (χ4n) is 2.54. The van der Waals surface area contributed by atoms with Crippen molar-refractivity contribution in [2.24, 2.45) is 0 Å². The van der Waals surface area contributed by atoms with Crippen molar-refractivity contribution in [1.82, 2.24) is 4.98 Å². The summed E-state index contributed by atoms with van der Waals surface area (Å²) in [4.78, 5) is 4.65. The lowest BCUT2D eigenvalue weighted by Crippen LogP contribution is -2.10. The first-order valence-electron chi connectivity index (χ1n) is 8.31. The highest BCUT2D eigenvalue weighted by Crippen LogP contribution is 2.28. The van der Waals surface area contributed by atoms with Crippen molar-refractivity contribution < 1.29 is 0 Å². The van der Waals surface area contributed by atoms with Crippen molar-refractivity contribution >= 4 is 38.9 Å². The molecule has 0 spiro atoms. The number of hydrogen-bond donors (Lipinski definition) is 0. The fraction of sp³-hybridized carbons (Fsp3) is 0.182. The van der Waals surface area contributed by atoms with Crippen LogP contribution >= 0.6 is 27.3 Å². The second kappa shape index (κ2) is 7.57. The molecule has 2 nitrogen and oxygen atoms in total. The molecule has 0 aliphatic heterocycles. The Morgan fingerprint density at radius 3 is 2.31 bits per heavy atom. The Balaban J connectivity index is 1.88. The normalized spacial score (nSPS) is 12.0. The van der Waals surface area contributed by atoms with E-state index in [4.69, 9.17) is 0 Å². The number of aromatic nitrogens is 1. The van der Waals surface area contributed by atoms with Gasteiger partial charge in [-0.3, -0.25) is 0 Å². The Hall–Kier alpha value is -2.22. The first-order chi connectivity index (χ1) is 12.4. The standard InChI is InChI=1S/C22H19BrN2S/c1-22(2,3)18-8-4-15(5-9-18)12-17(13-24)21-25-20(14-26-21)16-6-10-19(23)11-7-16/h4-12,14H,1-3H3/b17-12+. The van der Waals surface area contributed by atoms with Crippen molar-refractivity contribution in [3.63, 3.8) is 0 Å². The van der Waals surface area contributed by atoms with Gasteiger partial charge in [-0.25, -0.2) is 4.98 Å². The van der Waals surface area contributed by atoms with Crippen LogP contribution in [-0.4, -0.2) is 4.98 Å². The van der Waals surface area contributed by atoms with Gasteiger partial charge < -0.3 is 0 Å². The van der Waals surface area contributed by atoms with Crippen LogP contribution in [0.1, 0.15) is 36.9 Å². The number of rotatable bonds is 3. The molecule has 2 aromatic carbocycles. The molecule has 0 saturated carbocycles. The van der Waals surface area contributed by atoms with Crippen molar-refractivity contribution in [3.8, 4) is 17.3 Å². The lowest BCUT2D eigenvalue weighted by Gasteiger charge is -2.18. The maximum Gasteiger partial charge on any atom is 0.134 e. The van der Waals surface area contributed by atoms with Crippen molar-refractivity contribution in [3.05, 3.63) is 74.5 Å². The minimum Gasteiger partial charge on any atom is -0.235 e. The van der Waals surface area contributed by atoms with Crippen LogP contribution in [0.25, 0.3) is 22.9 Å². The molecule has 3 aromatic rings. The maximum atomic E-state index is 9.58. The van der Waals surface area contributed by atoms with E-state index in [1.165, 1.54) is 16.9 Å². The largest absolute Gasteiger partial charge is 0.235 e. The van der Waals surface area contributed by atoms with Crippen LogP contribution < -0.4 is 0 Å². The summed E-state index contributed by atoms with van der Waals surface area (Å²) in [7, 11) is 0. The average Bonchev–Trinajstić information content (AvgIpc) is 3.10. The maximum absolute atomic E-state index is 9.58. The number of nitrogens with zero attached hydrogens (tertiary/aromatic N) is 2. The quantitative estimate of drug-likeness (QED) is 0.428. The van der Waals surface area contributed by atoms with Gasteiger partial charge in [0.1, 0.15) is 11.1 Å². The van der Waals surface area contributed by atoms with Gasteiger partial charge in [-0.15, -0.1) is 11.3 Å². The monoisotopic (exact) mass is 422 g/mol. The van der Waals surface area contributed by atoms with E-state index in [-0.39, 0.29) is 5.41 Å². The minimum absolute atomic E-state index is 0.120. The molecule has 0 aliphatic rings. The summed E-state index contributed by atoms with van der Waals surface area (Å²) in [6.07, 6.45) is 1.90. The third-order valence-corrected chi connectivity index (χ3v) is 5.49. The molecule has 1 aromatic heterocycles. The Labute approximate surface area is 167 Å². The molecular weight excluding hydrogens is 404 g/mol. The van der Waals surface area contributed by atoms with Gasteiger partial charge in [0.05, 0.1) is 11.3 Å². The van der Waals surface area contributed by atoms with E-state index in [2.05, 4.69) is 72.0 Å². The molecule has 0 bridgehead atoms. The van der Waals surface area contributed by atoms with Crippen molar-refractivity contribution in [2.75, 3.05) is 0 Å². The zero-order chi connectivity index (χ0) is 18.7. The third kappa shape index (κ3) is 4.30. The van der Waals surface area contributed by atoms with Crippen LogP contribution in [0.5, 0.6) is 0 Å². The summed E-state index contributed by atoms with van der Waals surface area (Å²) in [6, 6.07) is 18.7. The summed E-state index contributed by atoms with van der Waals surface area (Å²) in [6.45, 7) is 6.58. The van der Waals surface area contributed by atoms with E-state index in [1.54, 1.807) is 0 Å². The van der Waals surface area contributed by atoms with E-state index >= 15 is 0 Å². The van der Waals surface area contributed by atoms with Gasteiger partial charge in [0, 0.05) is 15.4 Å². The van der Waals surface area contributed by atoms with E-state index in [0.717, 1.165) is 26.3 Å². The van der Waals surface area contributed by atoms with Crippen molar-refractivity contribution in [1.29, 1.82) is 5.26 Å². The van der Waals surface area contributed by atoms with Crippen molar-refractivity contribution in [2.45, 2.75) is 26.2 Å². The molecule has 0 atom stereocenters. The first kappa shape index (κ1) is 18.6. The zero-order valence-electron chi connectivity index (χ0n) is 15.0. The van der Waals surface area contributed by atoms with E-state index in [1.807, 2.05) is 35.7 Å². The zero-order valence-corrected chi connectivity index (χ0v) is 17.4. The van der Waals surface area contributed by atoms with Gasteiger partial charge in [0.25, 0.3) is 0 Å². The van der Waals surface area contributed by atoms with Crippen LogP contribution in [0.4, 0.5) is 0 Å². The molecule has 4 heteroatoms. The van der Waals surface area contributed by atoms with Gasteiger partial charge in [-0.2, -0.15) is 5.26 Å². The predicted octanol–water partition coefficient (Wildman–Crippen LogP) is 6.93. The molecule has 0 N–H and O–H groups in total. The second-order valence-electron chi connectivity index (χ2n) is 7.09. The molecule has 0 saturated heterocycles. The molecule has 0 aliphatic carbocycles. The number of halogens is 1. The smallest absolute Gasteiger partial charge is 0.134 e. The molecule has 130 valence electrons. The molecule has 1 heterocycles. The lowest BCUT2D eigenvalue weighted by atomic mass is 9.86. The highest BCUT2D eigenvalue weighted by atomic mass is 79.9. The summed E-state index contributed by atoms with van der Waals surface area (Å²) in [5.41, 5.74) is 4.93. The topological polar surface area (TPSA) is 36.7 Å². The van der Waals surface area contributed by atoms with Crippen LogP contribution in [0.2, 0.25) is 0 Å². The second-order valence-corrected chi connectivity index (χ2v) is 8.86. The number of benzene rings is 2. The first-order valence-corrected chi connectivity index (χ1v) is 9.98. The summed E-state index contributed by atoms with van der Waals surface area (Å²) < 4.78 is 1.04. The highest BCUT2D eigenvalue weighted by Gasteiger charge is 2.13. The number of hydrogen-bond acceptors (Lipinski definition) is 3. The van der Waals surface area contributed by atoms with Gasteiger partial charge in [0.15, 0.2) is 0 Å². The van der Waals surface area contributed by atoms with Gasteiger partial charge in [-0.1, -0.05) is 73.1 Å². The van der Waals surface area contributed by atoms with Gasteiger partial charge in [-0.05, 0) is 34.8 Å². The Kier molecular flexibility index (Phi) is 5.41. The summed E-state index contributed by atoms with van der Waals surface area (Å²) in [5.74, 6) is 0. The summed E-state index contributed by atoms with van der Waals surface area (Å²) >= 11 is 4.94. The lowest BCUT2D eigenvalue weighted by molar-refractivity contribution is 0.590. The van der Waals surface area contributed by atoms with E-state index < -0.39 is 0 Å². The summed E-state index contributed by atoms with van der Waals surface area (Å²) in [5, 5.41) is 12.3. The Morgan fingerprint density at radius 2 is 1.73 bits per heavy atom. The van der Waals surface area contributed by atoms with E-state index in [0.29, 0.717) is 5.57 Å². The van der Waals surface area contributed by atoms with Crippen LogP contribution in [0.3, 0.4) is 0 Å². The molecule has 26 heavy (non-hydrogen) atoms. The SMILES string of the molecule is CC(C)(C)c1ccc(/C=C(\C#N)c2nc(-c3ccc(Br)cc3)cs2)cc1. The minimum atomic E-state index is 0.120. The molecule has 0 unspecified atom stereocenters. The number of allylic oxidation sites excluding steroid dienone is 1. The molecular formula is C22H19BrN2S. The third-order valence-electron chi connectivity index (χ3n) is 4.08. The van der Waals surface area contributed by atoms with Crippen LogP contribution in [0.15, 0.2) is 58.4 Å². The Morgan fingerprint density at radius 1 is 1.08 bits per heavy atom. The van der Waals surface area contributed by atoms with E-state index in [9.17, 15) is 5.26 Å². The van der Waals surface area contributed by atoms with Crippen LogP contribution in [-0.2, 0) is 5.41 Å². The number of nitriles is 1.